The zero-order valence-electron chi connectivity index (χ0n) is 15.6. The van der Waals surface area contributed by atoms with Gasteiger partial charge in [-0.1, -0.05) is 30.3 Å². The van der Waals surface area contributed by atoms with Crippen molar-refractivity contribution in [2.45, 2.75) is 32.2 Å². The molecule has 4 rings (SSSR count). The van der Waals surface area contributed by atoms with Crippen LogP contribution in [0.3, 0.4) is 0 Å². The number of carbonyl (C=O) groups excluding carboxylic acids is 1. The van der Waals surface area contributed by atoms with E-state index >= 15 is 0 Å². The van der Waals surface area contributed by atoms with E-state index < -0.39 is 12.6 Å². The smallest absolute Gasteiger partial charge is 0.341 e. The van der Waals surface area contributed by atoms with E-state index in [1.807, 2.05) is 24.3 Å². The molecule has 0 radical (unpaired) electrons. The van der Waals surface area contributed by atoms with Crippen molar-refractivity contribution in [2.75, 3.05) is 6.61 Å². The number of fused-ring (bicyclic) bond motifs is 3. The zero-order valence-corrected chi connectivity index (χ0v) is 15.6. The van der Waals surface area contributed by atoms with Gasteiger partial charge in [0.05, 0.1) is 11.4 Å². The van der Waals surface area contributed by atoms with Crippen LogP contribution in [0.5, 0.6) is 5.75 Å². The fourth-order valence-electron chi connectivity index (χ4n) is 4.20. The summed E-state index contributed by atoms with van der Waals surface area (Å²) in [5.41, 5.74) is 11.0. The van der Waals surface area contributed by atoms with E-state index in [9.17, 15) is 9.59 Å². The first-order valence-electron chi connectivity index (χ1n) is 9.29. The molecular weight excluding hydrogens is 356 g/mol. The van der Waals surface area contributed by atoms with Crippen molar-refractivity contribution >= 4 is 22.8 Å². The Kier molecular flexibility index (Phi) is 4.55. The number of primary amides is 1. The fraction of sp³-hybridized carbons (Fsp3) is 0.273. The van der Waals surface area contributed by atoms with Gasteiger partial charge in [0.25, 0.3) is 0 Å². The lowest BCUT2D eigenvalue weighted by molar-refractivity contribution is -0.139. The Hall–Kier alpha value is -3.28. The van der Waals surface area contributed by atoms with Gasteiger partial charge in [0.15, 0.2) is 6.61 Å². The third kappa shape index (κ3) is 3.01. The van der Waals surface area contributed by atoms with Gasteiger partial charge in [-0.05, 0) is 48.6 Å². The van der Waals surface area contributed by atoms with E-state index in [0.29, 0.717) is 18.7 Å². The number of aliphatic carboxylic acids is 1. The summed E-state index contributed by atoms with van der Waals surface area (Å²) < 4.78 is 7.77. The van der Waals surface area contributed by atoms with Gasteiger partial charge in [0, 0.05) is 17.6 Å². The molecule has 1 unspecified atom stereocenters. The molecular formula is C22H22N2O4. The Morgan fingerprint density at radius 3 is 2.71 bits per heavy atom. The highest BCUT2D eigenvalue weighted by Gasteiger charge is 2.34. The number of carbonyl (C=O) groups is 2. The molecule has 0 aliphatic heterocycles. The molecule has 3 N–H and O–H groups in total. The van der Waals surface area contributed by atoms with Crippen LogP contribution in [0.25, 0.3) is 10.9 Å². The van der Waals surface area contributed by atoms with Gasteiger partial charge in [-0.25, -0.2) is 4.79 Å². The summed E-state index contributed by atoms with van der Waals surface area (Å²) >= 11 is 0. The van der Waals surface area contributed by atoms with Crippen LogP contribution < -0.4 is 10.5 Å². The van der Waals surface area contributed by atoms with Crippen molar-refractivity contribution in [2.24, 2.45) is 5.73 Å². The molecule has 0 spiro atoms. The number of rotatable bonds is 6. The Balaban J connectivity index is 1.91. The number of carboxylic acid groups (broad SMARTS) is 1. The minimum Gasteiger partial charge on any atom is -0.481 e. The van der Waals surface area contributed by atoms with Gasteiger partial charge in [0.2, 0.25) is 5.91 Å². The number of carboxylic acids is 1. The number of amides is 1. The van der Waals surface area contributed by atoms with Gasteiger partial charge in [-0.3, -0.25) is 4.79 Å². The molecule has 6 nitrogen and oxygen atoms in total. The maximum absolute atomic E-state index is 12.1. The quantitative estimate of drug-likeness (QED) is 0.689. The first-order chi connectivity index (χ1) is 13.5. The highest BCUT2D eigenvalue weighted by molar-refractivity contribution is 5.97. The molecule has 1 aliphatic rings. The molecule has 0 saturated carbocycles. The Morgan fingerprint density at radius 1 is 1.21 bits per heavy atom. The topological polar surface area (TPSA) is 94.6 Å². The number of aromatic nitrogens is 1. The number of aryl methyl sites for hydroxylation is 1. The van der Waals surface area contributed by atoms with E-state index in [0.717, 1.165) is 28.6 Å². The second-order valence-electron chi connectivity index (χ2n) is 7.20. The summed E-state index contributed by atoms with van der Waals surface area (Å²) in [6.45, 7) is 2.32. The van der Waals surface area contributed by atoms with Crippen LogP contribution in [0.4, 0.5) is 0 Å². The molecule has 1 amide bonds. The highest BCUT2D eigenvalue weighted by atomic mass is 16.5. The molecule has 1 atom stereocenters. The molecule has 6 heteroatoms. The number of benzene rings is 2. The summed E-state index contributed by atoms with van der Waals surface area (Å²) in [7, 11) is 0. The van der Waals surface area contributed by atoms with Gasteiger partial charge in [-0.15, -0.1) is 0 Å². The predicted octanol–water partition coefficient (Wildman–Crippen LogP) is 2.98. The van der Waals surface area contributed by atoms with Crippen molar-refractivity contribution in [3.8, 4) is 5.75 Å². The normalized spacial score (nSPS) is 15.5. The Labute approximate surface area is 162 Å². The molecule has 1 aromatic heterocycles. The first kappa shape index (κ1) is 18.1. The van der Waals surface area contributed by atoms with Crippen LogP contribution in [0, 0.1) is 6.92 Å². The van der Waals surface area contributed by atoms with Gasteiger partial charge >= 0.3 is 5.97 Å². The lowest BCUT2D eigenvalue weighted by Crippen LogP contribution is -2.19. The average molecular weight is 378 g/mol. The van der Waals surface area contributed by atoms with Crippen LogP contribution in [-0.4, -0.2) is 28.2 Å². The summed E-state index contributed by atoms with van der Waals surface area (Å²) in [6, 6.07) is 13.8. The maximum atomic E-state index is 12.1. The zero-order chi connectivity index (χ0) is 19.8. The van der Waals surface area contributed by atoms with E-state index in [1.54, 1.807) is 6.07 Å². The third-order valence-electron chi connectivity index (χ3n) is 5.50. The van der Waals surface area contributed by atoms with Crippen molar-refractivity contribution in [1.29, 1.82) is 0 Å². The number of nitrogens with zero attached hydrogens (tertiary/aromatic N) is 1. The van der Waals surface area contributed by atoms with E-state index in [-0.39, 0.29) is 11.8 Å². The molecule has 144 valence electrons. The second-order valence-corrected chi connectivity index (χ2v) is 7.20. The molecule has 0 fully saturated rings. The molecule has 0 bridgehead atoms. The van der Waals surface area contributed by atoms with Crippen molar-refractivity contribution < 1.29 is 19.4 Å². The molecule has 2 aromatic carbocycles. The Bertz CT molecular complexity index is 1080. The van der Waals surface area contributed by atoms with Crippen LogP contribution in [0.1, 0.15) is 34.7 Å². The standard InChI is InChI=1S/C22H22N2O4/c1-13-5-2-3-6-14(13)11-24-16-7-4-8-18(28-12-19(25)26)21(16)20-15(22(23)27)9-10-17(20)24/h2-8,15H,9-12H2,1H3,(H2,23,27)(H,25,26). The van der Waals surface area contributed by atoms with E-state index in [4.69, 9.17) is 15.6 Å². The largest absolute Gasteiger partial charge is 0.481 e. The predicted molar refractivity (Wildman–Crippen MR) is 106 cm³/mol. The van der Waals surface area contributed by atoms with Crippen LogP contribution in [-0.2, 0) is 22.6 Å². The molecule has 0 saturated heterocycles. The SMILES string of the molecule is Cc1ccccc1Cn1c2c(c3c(OCC(=O)O)cccc31)C(C(N)=O)CC2. The van der Waals surface area contributed by atoms with E-state index in [1.165, 1.54) is 11.1 Å². The van der Waals surface area contributed by atoms with Gasteiger partial charge in [0.1, 0.15) is 5.75 Å². The summed E-state index contributed by atoms with van der Waals surface area (Å²) in [4.78, 5) is 23.1. The van der Waals surface area contributed by atoms with E-state index in [2.05, 4.69) is 23.6 Å². The minimum absolute atomic E-state index is 0.360. The van der Waals surface area contributed by atoms with Gasteiger partial charge in [-0.2, -0.15) is 0 Å². The lowest BCUT2D eigenvalue weighted by atomic mass is 9.99. The minimum atomic E-state index is -1.04. The molecule has 1 aliphatic carbocycles. The van der Waals surface area contributed by atoms with Crippen molar-refractivity contribution in [3.05, 3.63) is 64.8 Å². The number of hydrogen-bond acceptors (Lipinski definition) is 3. The summed E-state index contributed by atoms with van der Waals surface area (Å²) in [5, 5.41) is 9.81. The average Bonchev–Trinajstić information content (AvgIpc) is 3.21. The van der Waals surface area contributed by atoms with Crippen LogP contribution >= 0.6 is 0 Å². The monoisotopic (exact) mass is 378 g/mol. The fourth-order valence-corrected chi connectivity index (χ4v) is 4.20. The third-order valence-corrected chi connectivity index (χ3v) is 5.50. The van der Waals surface area contributed by atoms with Crippen LogP contribution in [0.15, 0.2) is 42.5 Å². The van der Waals surface area contributed by atoms with Crippen LogP contribution in [0.2, 0.25) is 0 Å². The number of hydrogen-bond donors (Lipinski definition) is 2. The van der Waals surface area contributed by atoms with Crippen molar-refractivity contribution in [1.82, 2.24) is 4.57 Å². The maximum Gasteiger partial charge on any atom is 0.341 e. The summed E-state index contributed by atoms with van der Waals surface area (Å²) in [5.74, 6) is -1.31. The molecule has 3 aromatic rings. The highest BCUT2D eigenvalue weighted by Crippen LogP contribution is 2.44. The van der Waals surface area contributed by atoms with Gasteiger partial charge < -0.3 is 20.1 Å². The molecule has 28 heavy (non-hydrogen) atoms. The number of nitrogens with two attached hydrogens (primary N) is 1. The first-order valence-corrected chi connectivity index (χ1v) is 9.29. The Morgan fingerprint density at radius 2 is 2.00 bits per heavy atom. The number of ether oxygens (including phenoxy) is 1. The second kappa shape index (κ2) is 7.03. The summed E-state index contributed by atoms with van der Waals surface area (Å²) in [6.07, 6.45) is 1.42. The van der Waals surface area contributed by atoms with Crippen molar-refractivity contribution in [3.63, 3.8) is 0 Å². The molecule has 1 heterocycles. The lowest BCUT2D eigenvalue weighted by Gasteiger charge is -2.13.